The normalized spacial score (nSPS) is 14.2. The fourth-order valence-corrected chi connectivity index (χ4v) is 2.61. The molecule has 1 atom stereocenters. The lowest BCUT2D eigenvalue weighted by atomic mass is 10.0. The molecule has 2 rings (SSSR count). The first kappa shape index (κ1) is 19.3. The summed E-state index contributed by atoms with van der Waals surface area (Å²) in [7, 11) is 0. The Balaban J connectivity index is 1.93. The van der Waals surface area contributed by atoms with Crippen LogP contribution in [0, 0.1) is 6.92 Å². The number of aryl methyl sites for hydroxylation is 1. The highest BCUT2D eigenvalue weighted by Crippen LogP contribution is 2.23. The summed E-state index contributed by atoms with van der Waals surface area (Å²) >= 11 is 6.00. The Labute approximate surface area is 154 Å². The fraction of sp³-hybridized carbons (Fsp3) is 0.421. The molecule has 1 unspecified atom stereocenters. The second-order valence-corrected chi connectivity index (χ2v) is 6.62. The highest BCUT2D eigenvalue weighted by molar-refractivity contribution is 6.30. The molecule has 3 N–H and O–H groups in total. The van der Waals surface area contributed by atoms with Gasteiger partial charge >= 0.3 is 0 Å². The van der Waals surface area contributed by atoms with Crippen LogP contribution in [0.3, 0.4) is 0 Å². The van der Waals surface area contributed by atoms with Crippen LogP contribution in [0.2, 0.25) is 5.02 Å². The SMILES string of the molecule is CCNC(=NCC(C)(O)c1ccc(C)o1)NCCc1cccc(Cl)c1. The van der Waals surface area contributed by atoms with Crippen molar-refractivity contribution < 1.29 is 9.52 Å². The second kappa shape index (κ2) is 8.92. The van der Waals surface area contributed by atoms with Crippen LogP contribution in [-0.4, -0.2) is 30.7 Å². The van der Waals surface area contributed by atoms with Crippen molar-refractivity contribution in [3.63, 3.8) is 0 Å². The zero-order valence-corrected chi connectivity index (χ0v) is 15.7. The summed E-state index contributed by atoms with van der Waals surface area (Å²) < 4.78 is 5.52. The Morgan fingerprint density at radius 2 is 2.08 bits per heavy atom. The molecule has 1 aromatic carbocycles. The van der Waals surface area contributed by atoms with E-state index < -0.39 is 5.60 Å². The number of furan rings is 1. The number of nitrogens with one attached hydrogen (secondary N) is 2. The molecular formula is C19H26ClN3O2. The molecule has 25 heavy (non-hydrogen) atoms. The number of halogens is 1. The molecule has 0 aliphatic carbocycles. The molecule has 0 saturated carbocycles. The number of hydrogen-bond donors (Lipinski definition) is 3. The highest BCUT2D eigenvalue weighted by Gasteiger charge is 2.26. The molecule has 0 aliphatic rings. The molecule has 0 saturated heterocycles. The smallest absolute Gasteiger partial charge is 0.191 e. The minimum absolute atomic E-state index is 0.201. The van der Waals surface area contributed by atoms with Gasteiger partial charge in [0.15, 0.2) is 5.96 Å². The Morgan fingerprint density at radius 1 is 1.28 bits per heavy atom. The minimum Gasteiger partial charge on any atom is -0.463 e. The van der Waals surface area contributed by atoms with E-state index in [-0.39, 0.29) is 6.54 Å². The predicted octanol–water partition coefficient (Wildman–Crippen LogP) is 3.25. The van der Waals surface area contributed by atoms with Gasteiger partial charge in [0.05, 0.1) is 6.54 Å². The zero-order valence-electron chi connectivity index (χ0n) is 15.0. The second-order valence-electron chi connectivity index (χ2n) is 6.19. The average molecular weight is 364 g/mol. The average Bonchev–Trinajstić information content (AvgIpc) is 3.00. The first-order valence-electron chi connectivity index (χ1n) is 8.46. The van der Waals surface area contributed by atoms with Gasteiger partial charge < -0.3 is 20.2 Å². The molecule has 2 aromatic rings. The summed E-state index contributed by atoms with van der Waals surface area (Å²) in [6.07, 6.45) is 0.832. The van der Waals surface area contributed by atoms with E-state index in [9.17, 15) is 5.11 Å². The van der Waals surface area contributed by atoms with Crippen LogP contribution in [0.4, 0.5) is 0 Å². The third-order valence-electron chi connectivity index (χ3n) is 3.76. The highest BCUT2D eigenvalue weighted by atomic mass is 35.5. The molecule has 1 aromatic heterocycles. The largest absolute Gasteiger partial charge is 0.463 e. The van der Waals surface area contributed by atoms with Gasteiger partial charge in [-0.15, -0.1) is 0 Å². The lowest BCUT2D eigenvalue weighted by Gasteiger charge is -2.19. The van der Waals surface area contributed by atoms with Crippen LogP contribution >= 0.6 is 11.6 Å². The minimum atomic E-state index is -1.15. The maximum atomic E-state index is 10.6. The lowest BCUT2D eigenvalue weighted by Crippen LogP contribution is -2.39. The maximum Gasteiger partial charge on any atom is 0.191 e. The quantitative estimate of drug-likeness (QED) is 0.521. The zero-order chi connectivity index (χ0) is 18.3. The molecule has 0 radical (unpaired) electrons. The summed E-state index contributed by atoms with van der Waals surface area (Å²) in [5.41, 5.74) is 0.0118. The number of guanidine groups is 1. The summed E-state index contributed by atoms with van der Waals surface area (Å²) in [5, 5.41) is 17.8. The van der Waals surface area contributed by atoms with Crippen LogP contribution in [0.5, 0.6) is 0 Å². The van der Waals surface area contributed by atoms with Gasteiger partial charge in [0.25, 0.3) is 0 Å². The van der Waals surface area contributed by atoms with Crippen molar-refractivity contribution in [1.82, 2.24) is 10.6 Å². The molecule has 0 bridgehead atoms. The number of aliphatic imine (C=N–C) groups is 1. The third kappa shape index (κ3) is 6.11. The van der Waals surface area contributed by atoms with E-state index in [1.165, 1.54) is 0 Å². The Morgan fingerprint density at radius 3 is 2.72 bits per heavy atom. The summed E-state index contributed by atoms with van der Waals surface area (Å²) in [6, 6.07) is 11.4. The van der Waals surface area contributed by atoms with Crippen LogP contribution in [-0.2, 0) is 12.0 Å². The van der Waals surface area contributed by atoms with E-state index in [0.29, 0.717) is 18.3 Å². The first-order valence-corrected chi connectivity index (χ1v) is 8.84. The van der Waals surface area contributed by atoms with Crippen molar-refractivity contribution in [1.29, 1.82) is 0 Å². The van der Waals surface area contributed by atoms with Crippen molar-refractivity contribution >= 4 is 17.6 Å². The molecular weight excluding hydrogens is 338 g/mol. The van der Waals surface area contributed by atoms with Gasteiger partial charge in [-0.05, 0) is 57.0 Å². The third-order valence-corrected chi connectivity index (χ3v) is 3.99. The van der Waals surface area contributed by atoms with Crippen LogP contribution in [0.15, 0.2) is 45.8 Å². The lowest BCUT2D eigenvalue weighted by molar-refractivity contribution is 0.0428. The summed E-state index contributed by atoms with van der Waals surface area (Å²) in [6.45, 7) is 7.21. The van der Waals surface area contributed by atoms with Gasteiger partial charge in [-0.1, -0.05) is 23.7 Å². The monoisotopic (exact) mass is 363 g/mol. The molecule has 1 heterocycles. The van der Waals surface area contributed by atoms with E-state index in [1.54, 1.807) is 13.0 Å². The number of aliphatic hydroxyl groups is 1. The Hall–Kier alpha value is -1.98. The van der Waals surface area contributed by atoms with E-state index in [2.05, 4.69) is 15.6 Å². The van der Waals surface area contributed by atoms with Crippen molar-refractivity contribution in [2.45, 2.75) is 32.8 Å². The molecule has 0 aliphatic heterocycles. The van der Waals surface area contributed by atoms with Gasteiger partial charge in [0.1, 0.15) is 17.1 Å². The van der Waals surface area contributed by atoms with Crippen molar-refractivity contribution in [2.24, 2.45) is 4.99 Å². The van der Waals surface area contributed by atoms with Crippen LogP contribution in [0.25, 0.3) is 0 Å². The Bertz CT molecular complexity index is 710. The number of benzene rings is 1. The summed E-state index contributed by atoms with van der Waals surface area (Å²) in [4.78, 5) is 4.48. The van der Waals surface area contributed by atoms with E-state index in [4.69, 9.17) is 16.0 Å². The number of rotatable bonds is 7. The number of hydrogen-bond acceptors (Lipinski definition) is 3. The first-order chi connectivity index (χ1) is 11.9. The number of nitrogens with zero attached hydrogens (tertiary/aromatic N) is 1. The van der Waals surface area contributed by atoms with E-state index in [1.807, 2.05) is 44.2 Å². The van der Waals surface area contributed by atoms with Gasteiger partial charge in [0.2, 0.25) is 0 Å². The molecule has 0 fully saturated rings. The van der Waals surface area contributed by atoms with Crippen molar-refractivity contribution in [2.75, 3.05) is 19.6 Å². The van der Waals surface area contributed by atoms with E-state index >= 15 is 0 Å². The molecule has 0 spiro atoms. The van der Waals surface area contributed by atoms with E-state index in [0.717, 1.165) is 29.3 Å². The van der Waals surface area contributed by atoms with Crippen molar-refractivity contribution in [3.05, 3.63) is 58.5 Å². The molecule has 136 valence electrons. The predicted molar refractivity (Wildman–Crippen MR) is 102 cm³/mol. The topological polar surface area (TPSA) is 69.8 Å². The van der Waals surface area contributed by atoms with Gasteiger partial charge in [0, 0.05) is 18.1 Å². The fourth-order valence-electron chi connectivity index (χ4n) is 2.39. The molecule has 5 nitrogen and oxygen atoms in total. The molecule has 6 heteroatoms. The molecule has 0 amide bonds. The van der Waals surface area contributed by atoms with Gasteiger partial charge in [-0.25, -0.2) is 4.99 Å². The van der Waals surface area contributed by atoms with Crippen molar-refractivity contribution in [3.8, 4) is 0 Å². The standard InChI is InChI=1S/C19H26ClN3O2/c1-4-21-18(22-11-10-15-6-5-7-16(20)12-15)23-13-19(3,24)17-9-8-14(2)25-17/h5-9,12,24H,4,10-11,13H2,1-3H3,(H2,21,22,23). The maximum absolute atomic E-state index is 10.6. The van der Waals surface area contributed by atoms with Crippen LogP contribution in [0.1, 0.15) is 30.9 Å². The Kier molecular flexibility index (Phi) is 6.91. The van der Waals surface area contributed by atoms with Crippen LogP contribution < -0.4 is 10.6 Å². The van der Waals surface area contributed by atoms with Gasteiger partial charge in [-0.2, -0.15) is 0 Å². The summed E-state index contributed by atoms with van der Waals surface area (Å²) in [5.74, 6) is 1.95. The van der Waals surface area contributed by atoms with Gasteiger partial charge in [-0.3, -0.25) is 0 Å².